The Kier molecular flexibility index (Phi) is 5.45. The monoisotopic (exact) mass is 184 g/mol. The Morgan fingerprint density at radius 1 is 1.29 bits per heavy atom. The van der Waals surface area contributed by atoms with Gasteiger partial charge in [0.15, 0.2) is 0 Å². The van der Waals surface area contributed by atoms with Gasteiger partial charge in [0.1, 0.15) is 0 Å². The second-order valence-corrected chi connectivity index (χ2v) is 2.93. The van der Waals surface area contributed by atoms with Gasteiger partial charge in [0.2, 0.25) is 0 Å². The fraction of sp³-hybridized carbons (Fsp3) is 0.273. The van der Waals surface area contributed by atoms with Crippen molar-refractivity contribution in [2.75, 3.05) is 0 Å². The molecular weight excluding hydrogens is 171 g/mol. The van der Waals surface area contributed by atoms with Crippen LogP contribution in [0.15, 0.2) is 30.2 Å². The third-order valence-electron chi connectivity index (χ3n) is 1.85. The average Bonchev–Trinajstić information content (AvgIpc) is 2.11. The molecule has 0 aromatic heterocycles. The van der Waals surface area contributed by atoms with Crippen molar-refractivity contribution in [3.8, 4) is 5.75 Å². The van der Waals surface area contributed by atoms with Crippen LogP contribution in [0.4, 0.5) is 0 Å². The van der Waals surface area contributed by atoms with Gasteiger partial charge in [-0.3, -0.25) is 0 Å². The van der Waals surface area contributed by atoms with Crippen molar-refractivity contribution in [2.24, 2.45) is 0 Å². The summed E-state index contributed by atoms with van der Waals surface area (Å²) < 4.78 is 5.13. The van der Waals surface area contributed by atoms with Crippen LogP contribution in [0, 0.1) is 13.8 Å². The minimum absolute atomic E-state index is 0. The van der Waals surface area contributed by atoms with Gasteiger partial charge >= 0.3 is 18.9 Å². The van der Waals surface area contributed by atoms with E-state index in [0.29, 0.717) is 5.75 Å². The summed E-state index contributed by atoms with van der Waals surface area (Å²) in [6, 6.07) is 5.79. The maximum atomic E-state index is 11.0. The third-order valence-corrected chi connectivity index (χ3v) is 1.85. The molecule has 0 aliphatic carbocycles. The first-order valence-electron chi connectivity index (χ1n) is 4.22. The summed E-state index contributed by atoms with van der Waals surface area (Å²) in [5.41, 5.74) is 1.96. The van der Waals surface area contributed by atoms with Crippen LogP contribution in [0.3, 0.4) is 0 Å². The van der Waals surface area contributed by atoms with Crippen molar-refractivity contribution < 1.29 is 28.7 Å². The number of hydrogen-bond acceptors (Lipinski definition) is 2. The molecule has 0 spiro atoms. The SMILES string of the molecule is C/C=C(\[O-])Oc1c(C)cccc1C.[Li+]. The van der Waals surface area contributed by atoms with Crippen LogP contribution in [0.1, 0.15) is 18.1 Å². The Bertz CT molecular complexity index is 312. The molecule has 0 aliphatic heterocycles. The summed E-state index contributed by atoms with van der Waals surface area (Å²) in [6.07, 6.45) is 1.41. The van der Waals surface area contributed by atoms with Crippen molar-refractivity contribution in [3.63, 3.8) is 0 Å². The van der Waals surface area contributed by atoms with E-state index in [1.54, 1.807) is 6.92 Å². The number of hydrogen-bond donors (Lipinski definition) is 0. The number of aryl methyl sites for hydroxylation is 2. The first-order chi connectivity index (χ1) is 6.15. The average molecular weight is 184 g/mol. The molecule has 0 radical (unpaired) electrons. The van der Waals surface area contributed by atoms with Crippen molar-refractivity contribution in [3.05, 3.63) is 41.3 Å². The second kappa shape index (κ2) is 5.80. The van der Waals surface area contributed by atoms with Gasteiger partial charge < -0.3 is 9.84 Å². The van der Waals surface area contributed by atoms with Gasteiger partial charge in [0.05, 0.1) is 5.95 Å². The van der Waals surface area contributed by atoms with Crippen LogP contribution in [-0.4, -0.2) is 0 Å². The summed E-state index contributed by atoms with van der Waals surface area (Å²) in [5, 5.41) is 11.0. The number of allylic oxidation sites excluding steroid dienone is 1. The Balaban J connectivity index is 0.00000169. The van der Waals surface area contributed by atoms with Crippen molar-refractivity contribution in [1.29, 1.82) is 0 Å². The van der Waals surface area contributed by atoms with Crippen LogP contribution in [-0.2, 0) is 0 Å². The first kappa shape index (κ1) is 13.2. The first-order valence-corrected chi connectivity index (χ1v) is 4.22. The third kappa shape index (κ3) is 3.14. The molecule has 0 N–H and O–H groups in total. The molecule has 0 unspecified atom stereocenters. The van der Waals surface area contributed by atoms with Gasteiger partial charge in [-0.1, -0.05) is 24.3 Å². The second-order valence-electron chi connectivity index (χ2n) is 2.93. The topological polar surface area (TPSA) is 32.3 Å². The number of ether oxygens (including phenoxy) is 1. The molecule has 1 aromatic rings. The summed E-state index contributed by atoms with van der Waals surface area (Å²) in [5.74, 6) is 0.364. The van der Waals surface area contributed by atoms with E-state index in [0.717, 1.165) is 11.1 Å². The standard InChI is InChI=1S/C11H14O2.Li/c1-4-10(12)13-11-8(2)6-5-7-9(11)3;/h4-7,12H,1-3H3;/q;+1/p-1/b10-4+;. The molecule has 1 aromatic carbocycles. The molecule has 70 valence electrons. The maximum Gasteiger partial charge on any atom is 1.00 e. The molecule has 2 nitrogen and oxygen atoms in total. The maximum absolute atomic E-state index is 11.0. The van der Waals surface area contributed by atoms with E-state index < -0.39 is 0 Å². The van der Waals surface area contributed by atoms with E-state index in [-0.39, 0.29) is 24.8 Å². The number of para-hydroxylation sites is 1. The molecule has 0 saturated heterocycles. The van der Waals surface area contributed by atoms with Crippen molar-refractivity contribution in [1.82, 2.24) is 0 Å². The van der Waals surface area contributed by atoms with E-state index in [9.17, 15) is 5.11 Å². The van der Waals surface area contributed by atoms with Gasteiger partial charge in [-0.2, -0.15) is 0 Å². The van der Waals surface area contributed by atoms with Crippen LogP contribution >= 0.6 is 0 Å². The molecule has 0 fully saturated rings. The molecule has 0 atom stereocenters. The predicted molar refractivity (Wildman–Crippen MR) is 50.3 cm³/mol. The van der Waals surface area contributed by atoms with E-state index in [2.05, 4.69) is 0 Å². The molecular formula is C11H13LiO2. The van der Waals surface area contributed by atoms with E-state index >= 15 is 0 Å². The molecule has 3 heteroatoms. The fourth-order valence-electron chi connectivity index (χ4n) is 1.12. The van der Waals surface area contributed by atoms with Crippen LogP contribution in [0.2, 0.25) is 0 Å². The normalized spacial score (nSPS) is 10.6. The largest absolute Gasteiger partial charge is 1.00 e. The van der Waals surface area contributed by atoms with Gasteiger partial charge in [-0.05, 0) is 31.9 Å². The fourth-order valence-corrected chi connectivity index (χ4v) is 1.12. The Morgan fingerprint density at radius 3 is 2.21 bits per heavy atom. The van der Waals surface area contributed by atoms with Gasteiger partial charge in [0, 0.05) is 5.75 Å². The van der Waals surface area contributed by atoms with Crippen LogP contribution < -0.4 is 28.7 Å². The van der Waals surface area contributed by atoms with E-state index in [1.165, 1.54) is 6.08 Å². The number of rotatable bonds is 2. The quantitative estimate of drug-likeness (QED) is 0.432. The summed E-state index contributed by atoms with van der Waals surface area (Å²) in [6.45, 7) is 5.51. The van der Waals surface area contributed by atoms with Crippen LogP contribution in [0.5, 0.6) is 5.75 Å². The van der Waals surface area contributed by atoms with Gasteiger partial charge in [-0.25, -0.2) is 0 Å². The zero-order chi connectivity index (χ0) is 9.84. The summed E-state index contributed by atoms with van der Waals surface area (Å²) in [4.78, 5) is 0. The molecule has 0 saturated carbocycles. The molecule has 0 aliphatic rings. The van der Waals surface area contributed by atoms with E-state index in [1.807, 2.05) is 32.0 Å². The van der Waals surface area contributed by atoms with Crippen molar-refractivity contribution >= 4 is 0 Å². The van der Waals surface area contributed by atoms with E-state index in [4.69, 9.17) is 4.74 Å². The predicted octanol–water partition coefficient (Wildman–Crippen LogP) is -1.09. The Labute approximate surface area is 96.8 Å². The molecule has 14 heavy (non-hydrogen) atoms. The molecule has 0 heterocycles. The molecule has 1 rings (SSSR count). The number of benzene rings is 1. The van der Waals surface area contributed by atoms with Gasteiger partial charge in [-0.15, -0.1) is 0 Å². The zero-order valence-corrected chi connectivity index (χ0v) is 9.13. The van der Waals surface area contributed by atoms with Crippen molar-refractivity contribution in [2.45, 2.75) is 20.8 Å². The molecule has 0 amide bonds. The Morgan fingerprint density at radius 2 is 1.79 bits per heavy atom. The zero-order valence-electron chi connectivity index (χ0n) is 9.13. The van der Waals surface area contributed by atoms with Gasteiger partial charge in [0.25, 0.3) is 0 Å². The summed E-state index contributed by atoms with van der Waals surface area (Å²) >= 11 is 0. The Hall–Kier alpha value is -0.843. The smallest absolute Gasteiger partial charge is 0.579 e. The minimum atomic E-state index is -0.308. The minimum Gasteiger partial charge on any atom is -0.579 e. The van der Waals surface area contributed by atoms with Crippen LogP contribution in [0.25, 0.3) is 0 Å². The summed E-state index contributed by atoms with van der Waals surface area (Å²) in [7, 11) is 0. The molecule has 0 bridgehead atoms.